The first-order valence-electron chi connectivity index (χ1n) is 12.5. The fourth-order valence-electron chi connectivity index (χ4n) is 5.69. The quantitative estimate of drug-likeness (QED) is 0.595. The Hall–Kier alpha value is -2.62. The molecule has 2 unspecified atom stereocenters. The Morgan fingerprint density at radius 3 is 2.36 bits per heavy atom. The third-order valence-corrected chi connectivity index (χ3v) is 7.54. The van der Waals surface area contributed by atoms with Crippen LogP contribution in [0.25, 0.3) is 0 Å². The molecule has 2 atom stereocenters. The first-order valence-corrected chi connectivity index (χ1v) is 12.5. The molecule has 4 heteroatoms. The first-order chi connectivity index (χ1) is 15.8. The molecule has 176 valence electrons. The minimum Gasteiger partial charge on any atom is -0.335 e. The number of piperidine rings is 1. The highest BCUT2D eigenvalue weighted by atomic mass is 16.2. The van der Waals surface area contributed by atoms with Crippen molar-refractivity contribution in [3.8, 4) is 0 Å². The van der Waals surface area contributed by atoms with Crippen molar-refractivity contribution in [3.05, 3.63) is 65.2 Å². The molecule has 33 heavy (non-hydrogen) atoms. The summed E-state index contributed by atoms with van der Waals surface area (Å²) in [7, 11) is 0. The standard InChI is InChI=1S/C29H38N2O2/c1-20-11-5-8-16-24(20)28(33)31-18-10-17-25(26(31)21-12-6-7-13-21)27(32)30-23-15-9-14-22(19-23)29(2,3)4/h5,8-9,11,14-16,19,21,25-26H,6-7,10,12-13,17-18H2,1-4H3,(H,30,32). The smallest absolute Gasteiger partial charge is 0.254 e. The molecule has 0 bridgehead atoms. The zero-order chi connectivity index (χ0) is 23.6. The van der Waals surface area contributed by atoms with Crippen LogP contribution in [0.15, 0.2) is 48.5 Å². The molecule has 1 N–H and O–H groups in total. The van der Waals surface area contributed by atoms with E-state index in [0.717, 1.165) is 49.0 Å². The van der Waals surface area contributed by atoms with Gasteiger partial charge in [-0.1, -0.05) is 63.9 Å². The Morgan fingerprint density at radius 1 is 0.939 bits per heavy atom. The zero-order valence-corrected chi connectivity index (χ0v) is 20.6. The fourth-order valence-corrected chi connectivity index (χ4v) is 5.69. The van der Waals surface area contributed by atoms with E-state index in [1.54, 1.807) is 0 Å². The van der Waals surface area contributed by atoms with E-state index in [4.69, 9.17) is 0 Å². The number of aryl methyl sites for hydroxylation is 1. The molecule has 2 aromatic carbocycles. The molecule has 1 aliphatic carbocycles. The molecule has 1 aliphatic heterocycles. The highest BCUT2D eigenvalue weighted by Crippen LogP contribution is 2.39. The van der Waals surface area contributed by atoms with Gasteiger partial charge in [-0.3, -0.25) is 9.59 Å². The zero-order valence-electron chi connectivity index (χ0n) is 20.6. The predicted octanol–water partition coefficient (Wildman–Crippen LogP) is 6.34. The summed E-state index contributed by atoms with van der Waals surface area (Å²) < 4.78 is 0. The van der Waals surface area contributed by atoms with Crippen molar-refractivity contribution in [1.82, 2.24) is 4.90 Å². The summed E-state index contributed by atoms with van der Waals surface area (Å²) in [5, 5.41) is 3.21. The van der Waals surface area contributed by atoms with Gasteiger partial charge in [-0.25, -0.2) is 0 Å². The lowest BCUT2D eigenvalue weighted by atomic mass is 9.79. The largest absolute Gasteiger partial charge is 0.335 e. The van der Waals surface area contributed by atoms with Crippen molar-refractivity contribution in [1.29, 1.82) is 0 Å². The molecule has 0 radical (unpaired) electrons. The summed E-state index contributed by atoms with van der Waals surface area (Å²) in [6.45, 7) is 9.27. The number of hydrogen-bond donors (Lipinski definition) is 1. The van der Waals surface area contributed by atoms with Gasteiger partial charge in [0.05, 0.1) is 5.92 Å². The van der Waals surface area contributed by atoms with Crippen LogP contribution in [0, 0.1) is 18.8 Å². The number of rotatable bonds is 4. The van der Waals surface area contributed by atoms with Gasteiger partial charge in [0.25, 0.3) is 5.91 Å². The van der Waals surface area contributed by atoms with Crippen molar-refractivity contribution in [3.63, 3.8) is 0 Å². The lowest BCUT2D eigenvalue weighted by Gasteiger charge is -2.44. The highest BCUT2D eigenvalue weighted by Gasteiger charge is 2.43. The minimum absolute atomic E-state index is 0.0225. The fraction of sp³-hybridized carbons (Fsp3) is 0.517. The molecular formula is C29H38N2O2. The van der Waals surface area contributed by atoms with Crippen LogP contribution in [0.4, 0.5) is 5.69 Å². The van der Waals surface area contributed by atoms with E-state index in [0.29, 0.717) is 5.92 Å². The van der Waals surface area contributed by atoms with Crippen LogP contribution in [0.1, 0.15) is 80.8 Å². The Balaban J connectivity index is 1.60. The van der Waals surface area contributed by atoms with E-state index in [1.165, 1.54) is 18.4 Å². The summed E-state index contributed by atoms with van der Waals surface area (Å²) in [6, 6.07) is 16.0. The minimum atomic E-state index is -0.173. The monoisotopic (exact) mass is 446 g/mol. The number of amides is 2. The molecule has 1 saturated heterocycles. The summed E-state index contributed by atoms with van der Waals surface area (Å²) in [5.41, 5.74) is 3.83. The number of nitrogens with zero attached hydrogens (tertiary/aromatic N) is 1. The van der Waals surface area contributed by atoms with E-state index in [2.05, 4.69) is 38.2 Å². The van der Waals surface area contributed by atoms with Gasteiger partial charge in [-0.05, 0) is 73.3 Å². The number of anilines is 1. The van der Waals surface area contributed by atoms with Gasteiger partial charge >= 0.3 is 0 Å². The summed E-state index contributed by atoms with van der Waals surface area (Å²) in [5.74, 6) is 0.362. The summed E-state index contributed by atoms with van der Waals surface area (Å²) >= 11 is 0. The van der Waals surface area contributed by atoms with Crippen LogP contribution >= 0.6 is 0 Å². The number of likely N-dealkylation sites (tertiary alicyclic amines) is 1. The van der Waals surface area contributed by atoms with Crippen LogP contribution in [0.5, 0.6) is 0 Å². The van der Waals surface area contributed by atoms with Crippen molar-refractivity contribution in [2.24, 2.45) is 11.8 Å². The molecule has 4 nitrogen and oxygen atoms in total. The SMILES string of the molecule is Cc1ccccc1C(=O)N1CCCC(C(=O)Nc2cccc(C(C)(C)C)c2)C1C1CCCC1. The molecule has 2 amide bonds. The van der Waals surface area contributed by atoms with Crippen LogP contribution in [0.3, 0.4) is 0 Å². The molecule has 2 fully saturated rings. The van der Waals surface area contributed by atoms with E-state index < -0.39 is 0 Å². The average molecular weight is 447 g/mol. The van der Waals surface area contributed by atoms with E-state index in [1.807, 2.05) is 48.2 Å². The Morgan fingerprint density at radius 2 is 1.67 bits per heavy atom. The van der Waals surface area contributed by atoms with Gasteiger partial charge in [0.2, 0.25) is 5.91 Å². The van der Waals surface area contributed by atoms with Crippen molar-refractivity contribution in [2.75, 3.05) is 11.9 Å². The number of carbonyl (C=O) groups is 2. The van der Waals surface area contributed by atoms with Crippen LogP contribution in [-0.2, 0) is 10.2 Å². The topological polar surface area (TPSA) is 49.4 Å². The third kappa shape index (κ3) is 5.15. The molecular weight excluding hydrogens is 408 g/mol. The molecule has 4 rings (SSSR count). The molecule has 1 heterocycles. The highest BCUT2D eigenvalue weighted by molar-refractivity contribution is 5.97. The molecule has 1 saturated carbocycles. The Bertz CT molecular complexity index is 1000. The van der Waals surface area contributed by atoms with E-state index in [9.17, 15) is 9.59 Å². The second-order valence-electron chi connectivity index (χ2n) is 10.9. The predicted molar refractivity (Wildman–Crippen MR) is 134 cm³/mol. The maximum Gasteiger partial charge on any atom is 0.254 e. The summed E-state index contributed by atoms with van der Waals surface area (Å²) in [4.78, 5) is 29.3. The molecule has 2 aromatic rings. The second kappa shape index (κ2) is 9.70. The average Bonchev–Trinajstić information content (AvgIpc) is 3.33. The van der Waals surface area contributed by atoms with Crippen molar-refractivity contribution < 1.29 is 9.59 Å². The molecule has 0 aromatic heterocycles. The lowest BCUT2D eigenvalue weighted by molar-refractivity contribution is -0.124. The molecule has 2 aliphatic rings. The van der Waals surface area contributed by atoms with Gasteiger partial charge < -0.3 is 10.2 Å². The van der Waals surface area contributed by atoms with Crippen LogP contribution < -0.4 is 5.32 Å². The first kappa shape index (κ1) is 23.5. The second-order valence-corrected chi connectivity index (χ2v) is 10.9. The van der Waals surface area contributed by atoms with E-state index in [-0.39, 0.29) is 29.2 Å². The Kier molecular flexibility index (Phi) is 6.92. The number of nitrogens with one attached hydrogen (secondary N) is 1. The lowest BCUT2D eigenvalue weighted by Crippen LogP contribution is -2.54. The van der Waals surface area contributed by atoms with Gasteiger partial charge in [0, 0.05) is 23.8 Å². The van der Waals surface area contributed by atoms with E-state index >= 15 is 0 Å². The maximum atomic E-state index is 13.7. The van der Waals surface area contributed by atoms with Crippen molar-refractivity contribution >= 4 is 17.5 Å². The Labute approximate surface area is 198 Å². The third-order valence-electron chi connectivity index (χ3n) is 7.54. The van der Waals surface area contributed by atoms with Gasteiger partial charge in [0.1, 0.15) is 0 Å². The number of carbonyl (C=O) groups excluding carboxylic acids is 2. The van der Waals surface area contributed by atoms with Crippen LogP contribution in [-0.4, -0.2) is 29.3 Å². The van der Waals surface area contributed by atoms with Crippen LogP contribution in [0.2, 0.25) is 0 Å². The normalized spacial score (nSPS) is 21.8. The van der Waals surface area contributed by atoms with Gasteiger partial charge in [0.15, 0.2) is 0 Å². The van der Waals surface area contributed by atoms with Gasteiger partial charge in [-0.2, -0.15) is 0 Å². The van der Waals surface area contributed by atoms with Crippen molar-refractivity contribution in [2.45, 2.75) is 77.7 Å². The number of hydrogen-bond acceptors (Lipinski definition) is 2. The number of benzene rings is 2. The molecule has 0 spiro atoms. The summed E-state index contributed by atoms with van der Waals surface area (Å²) in [6.07, 6.45) is 6.28. The maximum absolute atomic E-state index is 13.7. The van der Waals surface area contributed by atoms with Gasteiger partial charge in [-0.15, -0.1) is 0 Å².